The maximum Gasteiger partial charge on any atom is 0.251 e. The Bertz CT molecular complexity index is 753. The summed E-state index contributed by atoms with van der Waals surface area (Å²) in [5.74, 6) is -0.241. The van der Waals surface area contributed by atoms with Crippen molar-refractivity contribution in [3.05, 3.63) is 41.5 Å². The minimum atomic E-state index is -3.52. The van der Waals surface area contributed by atoms with Crippen molar-refractivity contribution < 1.29 is 13.2 Å². The molecule has 0 aliphatic carbocycles. The van der Waals surface area contributed by atoms with Crippen LogP contribution in [0.5, 0.6) is 0 Å². The maximum absolute atomic E-state index is 12.7. The average Bonchev–Trinajstić information content (AvgIpc) is 2.67. The molecular weight excluding hydrogens is 338 g/mol. The fraction of sp³-hybridized carbons (Fsp3) is 0.500. The predicted molar refractivity (Wildman–Crippen MR) is 97.0 cm³/mol. The highest BCUT2D eigenvalue weighted by Gasteiger charge is 2.26. The number of sulfonamides is 1. The molecule has 3 rings (SSSR count). The van der Waals surface area contributed by atoms with E-state index in [4.69, 9.17) is 0 Å². The zero-order valence-corrected chi connectivity index (χ0v) is 15.1. The van der Waals surface area contributed by atoms with E-state index in [2.05, 4.69) is 16.7 Å². The first-order valence-corrected chi connectivity index (χ1v) is 10.3. The molecule has 0 spiro atoms. The number of piperidine rings is 1. The third kappa shape index (κ3) is 4.48. The lowest BCUT2D eigenvalue weighted by molar-refractivity contribution is 0.0956. The van der Waals surface area contributed by atoms with Crippen molar-refractivity contribution in [3.8, 4) is 0 Å². The third-order valence-electron chi connectivity index (χ3n) is 4.68. The molecule has 6 nitrogen and oxygen atoms in total. The molecule has 2 aliphatic heterocycles. The van der Waals surface area contributed by atoms with E-state index in [9.17, 15) is 13.2 Å². The van der Waals surface area contributed by atoms with Gasteiger partial charge in [-0.3, -0.25) is 4.79 Å². The smallest absolute Gasteiger partial charge is 0.251 e. The van der Waals surface area contributed by atoms with Gasteiger partial charge in [0.2, 0.25) is 10.0 Å². The maximum atomic E-state index is 12.7. The molecule has 0 saturated carbocycles. The summed E-state index contributed by atoms with van der Waals surface area (Å²) in [6.45, 7) is 3.37. The minimum absolute atomic E-state index is 0.197. The van der Waals surface area contributed by atoms with Crippen LogP contribution in [0.25, 0.3) is 0 Å². The first kappa shape index (κ1) is 18.1. The van der Waals surface area contributed by atoms with E-state index in [0.29, 0.717) is 25.2 Å². The van der Waals surface area contributed by atoms with Crippen molar-refractivity contribution in [3.63, 3.8) is 0 Å². The lowest BCUT2D eigenvalue weighted by Gasteiger charge is -2.26. The summed E-state index contributed by atoms with van der Waals surface area (Å²) in [7, 11) is -3.52. The number of nitrogens with zero attached hydrogens (tertiary/aromatic N) is 1. The van der Waals surface area contributed by atoms with Gasteiger partial charge in [-0.1, -0.05) is 24.1 Å². The molecular formula is C18H25N3O3S. The van der Waals surface area contributed by atoms with Crippen LogP contribution in [-0.4, -0.2) is 51.4 Å². The molecule has 1 aromatic rings. The van der Waals surface area contributed by atoms with Gasteiger partial charge < -0.3 is 10.6 Å². The second kappa shape index (κ2) is 8.12. The van der Waals surface area contributed by atoms with Crippen LogP contribution in [0.15, 0.2) is 40.8 Å². The highest BCUT2D eigenvalue weighted by molar-refractivity contribution is 7.89. The van der Waals surface area contributed by atoms with Gasteiger partial charge in [0.1, 0.15) is 0 Å². The fourth-order valence-corrected chi connectivity index (χ4v) is 4.74. The van der Waals surface area contributed by atoms with Crippen molar-refractivity contribution in [2.24, 2.45) is 0 Å². The molecule has 1 saturated heterocycles. The lowest BCUT2D eigenvalue weighted by Crippen LogP contribution is -2.35. The molecule has 0 aromatic heterocycles. The fourth-order valence-electron chi connectivity index (χ4n) is 3.18. The highest BCUT2D eigenvalue weighted by atomic mass is 32.2. The number of rotatable bonds is 5. The standard InChI is InChI=1S/C18H25N3O3S/c22-18(20-14-15-7-9-19-10-8-15)16-5-4-6-17(13-16)25(23,24)21-11-2-1-3-12-21/h4-7,13,19H,1-3,8-12,14H2,(H,20,22). The van der Waals surface area contributed by atoms with Gasteiger partial charge in [-0.2, -0.15) is 4.31 Å². The van der Waals surface area contributed by atoms with Gasteiger partial charge in [0.15, 0.2) is 0 Å². The number of benzene rings is 1. The van der Waals surface area contributed by atoms with Crippen molar-refractivity contribution in [1.29, 1.82) is 0 Å². The molecule has 25 heavy (non-hydrogen) atoms. The number of carbonyl (C=O) groups is 1. The molecule has 2 N–H and O–H groups in total. The topological polar surface area (TPSA) is 78.5 Å². The van der Waals surface area contributed by atoms with Crippen LogP contribution in [0.3, 0.4) is 0 Å². The molecule has 0 radical (unpaired) electrons. The highest BCUT2D eigenvalue weighted by Crippen LogP contribution is 2.21. The van der Waals surface area contributed by atoms with Crippen LogP contribution in [0.2, 0.25) is 0 Å². The second-order valence-electron chi connectivity index (χ2n) is 6.49. The van der Waals surface area contributed by atoms with E-state index in [1.165, 1.54) is 15.9 Å². The molecule has 2 heterocycles. The Hall–Kier alpha value is -1.70. The Kier molecular flexibility index (Phi) is 5.88. The van der Waals surface area contributed by atoms with Gasteiger partial charge in [0, 0.05) is 31.7 Å². The molecule has 0 atom stereocenters. The Morgan fingerprint density at radius 3 is 2.72 bits per heavy atom. The van der Waals surface area contributed by atoms with Crippen LogP contribution in [0.1, 0.15) is 36.0 Å². The van der Waals surface area contributed by atoms with Gasteiger partial charge in [0.25, 0.3) is 5.91 Å². The monoisotopic (exact) mass is 363 g/mol. The quantitative estimate of drug-likeness (QED) is 0.778. The second-order valence-corrected chi connectivity index (χ2v) is 8.43. The largest absolute Gasteiger partial charge is 0.348 e. The number of hydrogen-bond acceptors (Lipinski definition) is 4. The third-order valence-corrected chi connectivity index (χ3v) is 6.58. The summed E-state index contributed by atoms with van der Waals surface area (Å²) in [5, 5.41) is 6.11. The van der Waals surface area contributed by atoms with Crippen LogP contribution in [0.4, 0.5) is 0 Å². The Labute approximate surface area is 149 Å². The summed E-state index contributed by atoms with van der Waals surface area (Å²) >= 11 is 0. The zero-order valence-electron chi connectivity index (χ0n) is 14.3. The summed E-state index contributed by atoms with van der Waals surface area (Å²) in [5.41, 5.74) is 1.58. The van der Waals surface area contributed by atoms with Crippen molar-refractivity contribution in [1.82, 2.24) is 14.9 Å². The molecule has 1 amide bonds. The molecule has 1 fully saturated rings. The summed E-state index contributed by atoms with van der Waals surface area (Å²) < 4.78 is 27.0. The molecule has 7 heteroatoms. The minimum Gasteiger partial charge on any atom is -0.348 e. The summed E-state index contributed by atoms with van der Waals surface area (Å²) in [6, 6.07) is 6.34. The number of carbonyl (C=O) groups excluding carboxylic acids is 1. The molecule has 2 aliphatic rings. The van der Waals surface area contributed by atoms with Crippen LogP contribution < -0.4 is 10.6 Å². The predicted octanol–water partition coefficient (Wildman–Crippen LogP) is 1.51. The van der Waals surface area contributed by atoms with Gasteiger partial charge in [-0.15, -0.1) is 0 Å². The van der Waals surface area contributed by atoms with E-state index in [1.807, 2.05) is 0 Å². The molecule has 136 valence electrons. The van der Waals surface area contributed by atoms with Gasteiger partial charge in [-0.05, 0) is 44.0 Å². The summed E-state index contributed by atoms with van der Waals surface area (Å²) in [6.07, 6.45) is 5.86. The SMILES string of the molecule is O=C(NCC1=CCNCC1)c1cccc(S(=O)(=O)N2CCCCC2)c1. The van der Waals surface area contributed by atoms with Gasteiger partial charge in [0.05, 0.1) is 4.90 Å². The van der Waals surface area contributed by atoms with E-state index in [1.54, 1.807) is 18.2 Å². The normalized spacial score (nSPS) is 19.3. The Morgan fingerprint density at radius 2 is 2.00 bits per heavy atom. The van der Waals surface area contributed by atoms with Gasteiger partial charge in [-0.25, -0.2) is 8.42 Å². The van der Waals surface area contributed by atoms with Crippen LogP contribution in [0, 0.1) is 0 Å². The van der Waals surface area contributed by atoms with Crippen LogP contribution >= 0.6 is 0 Å². The summed E-state index contributed by atoms with van der Waals surface area (Å²) in [4.78, 5) is 12.6. The van der Waals surface area contributed by atoms with Crippen molar-refractivity contribution in [2.45, 2.75) is 30.6 Å². The first-order valence-electron chi connectivity index (χ1n) is 8.84. The zero-order chi connectivity index (χ0) is 17.7. The number of amides is 1. The molecule has 0 unspecified atom stereocenters. The lowest BCUT2D eigenvalue weighted by atomic mass is 10.1. The van der Waals surface area contributed by atoms with E-state index >= 15 is 0 Å². The van der Waals surface area contributed by atoms with Gasteiger partial charge >= 0.3 is 0 Å². The van der Waals surface area contributed by atoms with Crippen LogP contribution in [-0.2, 0) is 10.0 Å². The Morgan fingerprint density at radius 1 is 1.20 bits per heavy atom. The van der Waals surface area contributed by atoms with E-state index in [0.717, 1.165) is 38.8 Å². The van der Waals surface area contributed by atoms with Crippen molar-refractivity contribution >= 4 is 15.9 Å². The first-order chi connectivity index (χ1) is 12.1. The van der Waals surface area contributed by atoms with Crippen molar-refractivity contribution in [2.75, 3.05) is 32.7 Å². The average molecular weight is 363 g/mol. The molecule has 1 aromatic carbocycles. The van der Waals surface area contributed by atoms with E-state index < -0.39 is 10.0 Å². The number of hydrogen-bond donors (Lipinski definition) is 2. The number of nitrogens with one attached hydrogen (secondary N) is 2. The Balaban J connectivity index is 1.69. The molecule has 0 bridgehead atoms. The van der Waals surface area contributed by atoms with E-state index in [-0.39, 0.29) is 10.8 Å².